The van der Waals surface area contributed by atoms with Gasteiger partial charge in [-0.3, -0.25) is 9.69 Å². The molecular formula is C23H27Cl2N3O3. The van der Waals surface area contributed by atoms with E-state index in [4.69, 9.17) is 27.9 Å². The number of fused-ring (bicyclic) bond motifs is 1. The molecule has 2 aromatic carbocycles. The van der Waals surface area contributed by atoms with E-state index in [0.717, 1.165) is 54.8 Å². The fourth-order valence-corrected chi connectivity index (χ4v) is 3.82. The van der Waals surface area contributed by atoms with Crippen molar-refractivity contribution in [2.75, 3.05) is 43.4 Å². The molecule has 8 heteroatoms. The summed E-state index contributed by atoms with van der Waals surface area (Å²) in [5.41, 5.74) is 2.78. The van der Waals surface area contributed by atoms with Crippen LogP contribution in [0.25, 0.3) is 0 Å². The van der Waals surface area contributed by atoms with Gasteiger partial charge in [0.15, 0.2) is 0 Å². The fourth-order valence-electron chi connectivity index (χ4n) is 3.46. The quantitative estimate of drug-likeness (QED) is 0.354. The van der Waals surface area contributed by atoms with Gasteiger partial charge in [-0.05, 0) is 49.6 Å². The zero-order valence-electron chi connectivity index (χ0n) is 17.3. The number of ether oxygens (including phenoxy) is 1. The summed E-state index contributed by atoms with van der Waals surface area (Å²) >= 11 is 12.2. The Kier molecular flexibility index (Phi) is 9.00. The number of carbonyl (C=O) groups excluding carboxylic acids is 2. The summed E-state index contributed by atoms with van der Waals surface area (Å²) in [4.78, 5) is 24.6. The SMILES string of the molecule is O=CCN(CCCCOc1ccc2c(c1)NC(=O)CC2)CCNc1cccc(Cl)c1Cl. The van der Waals surface area contributed by atoms with Crippen LogP contribution in [-0.4, -0.2) is 49.9 Å². The second-order valence-corrected chi connectivity index (χ2v) is 8.20. The van der Waals surface area contributed by atoms with Crippen molar-refractivity contribution in [3.63, 3.8) is 0 Å². The highest BCUT2D eigenvalue weighted by Gasteiger charge is 2.15. The Labute approximate surface area is 192 Å². The largest absolute Gasteiger partial charge is 0.494 e. The highest BCUT2D eigenvalue weighted by atomic mass is 35.5. The summed E-state index contributed by atoms with van der Waals surface area (Å²) in [6.07, 6.45) is 4.00. The highest BCUT2D eigenvalue weighted by molar-refractivity contribution is 6.43. The van der Waals surface area contributed by atoms with Gasteiger partial charge in [0.1, 0.15) is 12.0 Å². The summed E-state index contributed by atoms with van der Waals surface area (Å²) in [6.45, 7) is 3.14. The highest BCUT2D eigenvalue weighted by Crippen LogP contribution is 2.29. The number of carbonyl (C=O) groups is 2. The number of benzene rings is 2. The average Bonchev–Trinajstić information content (AvgIpc) is 2.76. The van der Waals surface area contributed by atoms with E-state index in [2.05, 4.69) is 15.5 Å². The molecule has 0 saturated heterocycles. The Morgan fingerprint density at radius 2 is 2.00 bits per heavy atom. The molecule has 0 radical (unpaired) electrons. The van der Waals surface area contributed by atoms with Gasteiger partial charge in [0, 0.05) is 31.3 Å². The molecule has 0 unspecified atom stereocenters. The summed E-state index contributed by atoms with van der Waals surface area (Å²) in [5.74, 6) is 0.806. The molecule has 2 aromatic rings. The van der Waals surface area contributed by atoms with Crippen molar-refractivity contribution in [2.45, 2.75) is 25.7 Å². The molecule has 31 heavy (non-hydrogen) atoms. The number of anilines is 2. The summed E-state index contributed by atoms with van der Waals surface area (Å²) in [7, 11) is 0. The summed E-state index contributed by atoms with van der Waals surface area (Å²) < 4.78 is 5.83. The number of halogens is 2. The Bertz CT molecular complexity index is 908. The van der Waals surface area contributed by atoms with Crippen LogP contribution in [0.1, 0.15) is 24.8 Å². The number of aryl methyl sites for hydroxylation is 1. The molecule has 0 fully saturated rings. The van der Waals surface area contributed by atoms with Gasteiger partial charge in [0.05, 0.1) is 28.9 Å². The van der Waals surface area contributed by atoms with Crippen LogP contribution in [0.3, 0.4) is 0 Å². The topological polar surface area (TPSA) is 70.7 Å². The van der Waals surface area contributed by atoms with Crippen LogP contribution in [-0.2, 0) is 16.0 Å². The first-order valence-electron chi connectivity index (χ1n) is 10.5. The molecule has 1 amide bonds. The minimum atomic E-state index is 0.0482. The monoisotopic (exact) mass is 463 g/mol. The van der Waals surface area contributed by atoms with E-state index in [1.54, 1.807) is 6.07 Å². The van der Waals surface area contributed by atoms with Crippen LogP contribution >= 0.6 is 23.2 Å². The van der Waals surface area contributed by atoms with Gasteiger partial charge in [0.25, 0.3) is 0 Å². The van der Waals surface area contributed by atoms with Crippen molar-refractivity contribution in [2.24, 2.45) is 0 Å². The number of hydrogen-bond acceptors (Lipinski definition) is 5. The van der Waals surface area contributed by atoms with Gasteiger partial charge >= 0.3 is 0 Å². The molecule has 0 aliphatic carbocycles. The van der Waals surface area contributed by atoms with Crippen molar-refractivity contribution < 1.29 is 14.3 Å². The second kappa shape index (κ2) is 11.9. The molecule has 166 valence electrons. The molecule has 1 heterocycles. The molecule has 0 bridgehead atoms. The maximum atomic E-state index is 11.5. The van der Waals surface area contributed by atoms with Crippen LogP contribution in [0.15, 0.2) is 36.4 Å². The lowest BCUT2D eigenvalue weighted by Crippen LogP contribution is -2.32. The third kappa shape index (κ3) is 7.13. The molecule has 0 aromatic heterocycles. The zero-order chi connectivity index (χ0) is 22.1. The van der Waals surface area contributed by atoms with E-state index in [0.29, 0.717) is 42.7 Å². The number of rotatable bonds is 12. The first kappa shape index (κ1) is 23.4. The summed E-state index contributed by atoms with van der Waals surface area (Å²) in [5, 5.41) is 7.17. The van der Waals surface area contributed by atoms with E-state index < -0.39 is 0 Å². The molecule has 1 aliphatic heterocycles. The minimum Gasteiger partial charge on any atom is -0.494 e. The molecule has 0 atom stereocenters. The predicted octanol–water partition coefficient (Wildman–Crippen LogP) is 4.65. The van der Waals surface area contributed by atoms with Crippen molar-refractivity contribution >= 4 is 46.8 Å². The second-order valence-electron chi connectivity index (χ2n) is 7.42. The minimum absolute atomic E-state index is 0.0482. The third-order valence-corrected chi connectivity index (χ3v) is 5.96. The summed E-state index contributed by atoms with van der Waals surface area (Å²) in [6, 6.07) is 11.3. The number of nitrogens with one attached hydrogen (secondary N) is 2. The Hall–Kier alpha value is -2.28. The number of unbranched alkanes of at least 4 members (excludes halogenated alkanes) is 1. The Morgan fingerprint density at radius 1 is 1.13 bits per heavy atom. The van der Waals surface area contributed by atoms with Gasteiger partial charge in [-0.2, -0.15) is 0 Å². The smallest absolute Gasteiger partial charge is 0.224 e. The lowest BCUT2D eigenvalue weighted by atomic mass is 10.0. The maximum absolute atomic E-state index is 11.5. The number of aldehydes is 1. The van der Waals surface area contributed by atoms with Crippen molar-refractivity contribution in [1.29, 1.82) is 0 Å². The Balaban J connectivity index is 1.36. The van der Waals surface area contributed by atoms with E-state index in [1.165, 1.54) is 0 Å². The molecule has 3 rings (SSSR count). The first-order valence-corrected chi connectivity index (χ1v) is 11.2. The van der Waals surface area contributed by atoms with Crippen molar-refractivity contribution in [1.82, 2.24) is 4.90 Å². The van der Waals surface area contributed by atoms with Gasteiger partial charge in [-0.1, -0.05) is 35.3 Å². The molecule has 2 N–H and O–H groups in total. The van der Waals surface area contributed by atoms with Crippen LogP contribution in [0.5, 0.6) is 5.75 Å². The lowest BCUT2D eigenvalue weighted by molar-refractivity contribution is -0.116. The average molecular weight is 464 g/mol. The number of nitrogens with zero attached hydrogens (tertiary/aromatic N) is 1. The van der Waals surface area contributed by atoms with Crippen LogP contribution in [0.4, 0.5) is 11.4 Å². The molecule has 0 saturated carbocycles. The molecule has 1 aliphatic rings. The predicted molar refractivity (Wildman–Crippen MR) is 126 cm³/mol. The van der Waals surface area contributed by atoms with Gasteiger partial charge in [-0.25, -0.2) is 0 Å². The molecule has 0 spiro atoms. The number of amides is 1. The third-order valence-electron chi connectivity index (χ3n) is 5.14. The molecular weight excluding hydrogens is 437 g/mol. The number of hydrogen-bond donors (Lipinski definition) is 2. The first-order chi connectivity index (χ1) is 15.1. The normalized spacial score (nSPS) is 12.9. The van der Waals surface area contributed by atoms with Crippen LogP contribution in [0, 0.1) is 0 Å². The van der Waals surface area contributed by atoms with Crippen molar-refractivity contribution in [3.05, 3.63) is 52.0 Å². The van der Waals surface area contributed by atoms with E-state index in [1.807, 2.05) is 30.3 Å². The molecule has 6 nitrogen and oxygen atoms in total. The maximum Gasteiger partial charge on any atom is 0.224 e. The zero-order valence-corrected chi connectivity index (χ0v) is 18.8. The van der Waals surface area contributed by atoms with Crippen molar-refractivity contribution in [3.8, 4) is 5.75 Å². The standard InChI is InChI=1S/C23H27Cl2N3O3/c24-19-4-3-5-20(23(19)25)26-10-12-28(13-14-29)11-1-2-15-31-18-8-6-17-7-9-22(30)27-21(17)16-18/h3-6,8,14,16,26H,1-2,7,9-13,15H2,(H,27,30). The van der Waals surface area contributed by atoms with E-state index in [-0.39, 0.29) is 5.91 Å². The lowest BCUT2D eigenvalue weighted by Gasteiger charge is -2.20. The van der Waals surface area contributed by atoms with Crippen LogP contribution < -0.4 is 15.4 Å². The Morgan fingerprint density at radius 3 is 2.84 bits per heavy atom. The van der Waals surface area contributed by atoms with Gasteiger partial charge in [-0.15, -0.1) is 0 Å². The van der Waals surface area contributed by atoms with E-state index in [9.17, 15) is 9.59 Å². The van der Waals surface area contributed by atoms with Gasteiger partial charge < -0.3 is 20.2 Å². The fraction of sp³-hybridized carbons (Fsp3) is 0.391. The van der Waals surface area contributed by atoms with Crippen LogP contribution in [0.2, 0.25) is 10.0 Å². The van der Waals surface area contributed by atoms with E-state index >= 15 is 0 Å². The van der Waals surface area contributed by atoms with Gasteiger partial charge in [0.2, 0.25) is 5.91 Å².